The minimum absolute atomic E-state index is 0.548. The summed E-state index contributed by atoms with van der Waals surface area (Å²) < 4.78 is 0. The first-order valence-electron chi connectivity index (χ1n) is 3.67. The van der Waals surface area contributed by atoms with E-state index in [-0.39, 0.29) is 0 Å². The van der Waals surface area contributed by atoms with E-state index in [4.69, 9.17) is 0 Å². The highest BCUT2D eigenvalue weighted by Gasteiger charge is 2.00. The van der Waals surface area contributed by atoms with Crippen LogP contribution in [0.3, 0.4) is 0 Å². The van der Waals surface area contributed by atoms with Crippen LogP contribution >= 0.6 is 0 Å². The minimum atomic E-state index is 0.548. The van der Waals surface area contributed by atoms with Crippen molar-refractivity contribution in [1.29, 1.82) is 0 Å². The summed E-state index contributed by atoms with van der Waals surface area (Å²) in [6, 6.07) is 3.41. The van der Waals surface area contributed by atoms with Gasteiger partial charge in [-0.15, -0.1) is 0 Å². The fourth-order valence-corrected chi connectivity index (χ4v) is 0.952. The molecule has 2 rings (SSSR count). The second-order valence-corrected chi connectivity index (χ2v) is 2.45. The van der Waals surface area contributed by atoms with Crippen LogP contribution in [0.15, 0.2) is 24.5 Å². The second kappa shape index (κ2) is 3.14. The number of aromatic nitrogens is 4. The number of carbonyl (C=O) groups is 1. The molecule has 13 heavy (non-hydrogen) atoms. The Hall–Kier alpha value is -2.04. The molecule has 0 atom stereocenters. The number of nitrogens with one attached hydrogen (secondary N) is 1. The van der Waals surface area contributed by atoms with Crippen LogP contribution in [0.5, 0.6) is 0 Å². The Labute approximate surface area is 73.8 Å². The molecule has 0 aliphatic carbocycles. The van der Waals surface area contributed by atoms with Gasteiger partial charge in [-0.3, -0.25) is 9.78 Å². The van der Waals surface area contributed by atoms with Crippen molar-refractivity contribution in [3.63, 3.8) is 0 Å². The third kappa shape index (κ3) is 1.44. The van der Waals surface area contributed by atoms with E-state index >= 15 is 0 Å². The van der Waals surface area contributed by atoms with E-state index in [0.29, 0.717) is 17.0 Å². The number of carbonyl (C=O) groups excluding carboxylic acids is 1. The fraction of sp³-hybridized carbons (Fsp3) is 0. The highest BCUT2D eigenvalue weighted by Crippen LogP contribution is 2.10. The Bertz CT molecular complexity index is 393. The van der Waals surface area contributed by atoms with Gasteiger partial charge in [0, 0.05) is 11.8 Å². The number of pyridine rings is 1. The van der Waals surface area contributed by atoms with Crippen LogP contribution in [0.2, 0.25) is 0 Å². The summed E-state index contributed by atoms with van der Waals surface area (Å²) in [4.78, 5) is 14.4. The molecule has 0 amide bonds. The van der Waals surface area contributed by atoms with Gasteiger partial charge in [-0.25, -0.2) is 0 Å². The molecule has 0 fully saturated rings. The highest BCUT2D eigenvalue weighted by molar-refractivity contribution is 5.74. The first-order valence-corrected chi connectivity index (χ1v) is 3.67. The van der Waals surface area contributed by atoms with Crippen LogP contribution in [0, 0.1) is 0 Å². The predicted molar refractivity (Wildman–Crippen MR) is 45.0 cm³/mol. The molecule has 2 aromatic heterocycles. The SMILES string of the molecule is O=Cc1ccc(-c2cn[nH]n2)nc1. The third-order valence-electron chi connectivity index (χ3n) is 1.60. The Morgan fingerprint density at radius 1 is 1.23 bits per heavy atom. The molecule has 1 N–H and O–H groups in total. The molecule has 0 saturated carbocycles. The summed E-state index contributed by atoms with van der Waals surface area (Å²) in [6.45, 7) is 0. The molecular weight excluding hydrogens is 168 g/mol. The van der Waals surface area contributed by atoms with E-state index in [2.05, 4.69) is 20.4 Å². The van der Waals surface area contributed by atoms with Crippen LogP contribution in [-0.2, 0) is 0 Å². The lowest BCUT2D eigenvalue weighted by Crippen LogP contribution is -1.86. The average molecular weight is 174 g/mol. The number of H-pyrrole nitrogens is 1. The van der Waals surface area contributed by atoms with Crippen molar-refractivity contribution < 1.29 is 4.79 Å². The zero-order valence-electron chi connectivity index (χ0n) is 6.64. The second-order valence-electron chi connectivity index (χ2n) is 2.45. The third-order valence-corrected chi connectivity index (χ3v) is 1.60. The molecule has 0 spiro atoms. The summed E-state index contributed by atoms with van der Waals surface area (Å²) in [6.07, 6.45) is 3.82. The number of hydrogen-bond donors (Lipinski definition) is 1. The monoisotopic (exact) mass is 174 g/mol. The van der Waals surface area contributed by atoms with E-state index in [9.17, 15) is 4.79 Å². The van der Waals surface area contributed by atoms with E-state index < -0.39 is 0 Å². The molecule has 0 saturated heterocycles. The van der Waals surface area contributed by atoms with E-state index in [0.717, 1.165) is 6.29 Å². The molecule has 0 radical (unpaired) electrons. The van der Waals surface area contributed by atoms with E-state index in [1.165, 1.54) is 6.20 Å². The van der Waals surface area contributed by atoms with Gasteiger partial charge in [0.2, 0.25) is 0 Å². The minimum Gasteiger partial charge on any atom is -0.298 e. The van der Waals surface area contributed by atoms with Crippen LogP contribution < -0.4 is 0 Å². The van der Waals surface area contributed by atoms with E-state index in [1.54, 1.807) is 18.3 Å². The predicted octanol–water partition coefficient (Wildman–Crippen LogP) is 0.679. The zero-order valence-corrected chi connectivity index (χ0v) is 6.64. The highest BCUT2D eigenvalue weighted by atomic mass is 16.1. The lowest BCUT2D eigenvalue weighted by atomic mass is 10.2. The van der Waals surface area contributed by atoms with Gasteiger partial charge in [0.15, 0.2) is 6.29 Å². The van der Waals surface area contributed by atoms with Crippen molar-refractivity contribution in [2.75, 3.05) is 0 Å². The number of aromatic amines is 1. The lowest BCUT2D eigenvalue weighted by Gasteiger charge is -1.93. The Kier molecular flexibility index (Phi) is 1.84. The molecule has 0 aliphatic rings. The van der Waals surface area contributed by atoms with Gasteiger partial charge in [0.25, 0.3) is 0 Å². The quantitative estimate of drug-likeness (QED) is 0.679. The van der Waals surface area contributed by atoms with Gasteiger partial charge in [-0.2, -0.15) is 15.4 Å². The van der Waals surface area contributed by atoms with Crippen molar-refractivity contribution in [2.45, 2.75) is 0 Å². The topological polar surface area (TPSA) is 71.5 Å². The molecular formula is C8H6N4O. The van der Waals surface area contributed by atoms with Crippen LogP contribution in [0.4, 0.5) is 0 Å². The number of rotatable bonds is 2. The van der Waals surface area contributed by atoms with Crippen LogP contribution in [0.25, 0.3) is 11.4 Å². The van der Waals surface area contributed by atoms with Crippen molar-refractivity contribution in [3.05, 3.63) is 30.1 Å². The van der Waals surface area contributed by atoms with Gasteiger partial charge in [-0.1, -0.05) is 0 Å². The normalized spacial score (nSPS) is 9.85. The number of hydrogen-bond acceptors (Lipinski definition) is 4. The largest absolute Gasteiger partial charge is 0.298 e. The van der Waals surface area contributed by atoms with Gasteiger partial charge < -0.3 is 0 Å². The van der Waals surface area contributed by atoms with Crippen LogP contribution in [-0.4, -0.2) is 26.7 Å². The molecule has 0 bridgehead atoms. The summed E-state index contributed by atoms with van der Waals surface area (Å²) in [5, 5.41) is 10.00. The molecule has 0 unspecified atom stereocenters. The average Bonchev–Trinajstić information content (AvgIpc) is 2.71. The molecule has 0 aromatic carbocycles. The maximum atomic E-state index is 10.3. The summed E-state index contributed by atoms with van der Waals surface area (Å²) >= 11 is 0. The Balaban J connectivity index is 2.38. The first kappa shape index (κ1) is 7.60. The van der Waals surface area contributed by atoms with E-state index in [1.807, 2.05) is 0 Å². The molecule has 64 valence electrons. The smallest absolute Gasteiger partial charge is 0.151 e. The summed E-state index contributed by atoms with van der Waals surface area (Å²) in [7, 11) is 0. The number of nitrogens with zero attached hydrogens (tertiary/aromatic N) is 3. The summed E-state index contributed by atoms with van der Waals surface area (Å²) in [5.41, 5.74) is 1.91. The van der Waals surface area contributed by atoms with Crippen molar-refractivity contribution >= 4 is 6.29 Å². The van der Waals surface area contributed by atoms with Crippen LogP contribution in [0.1, 0.15) is 10.4 Å². The van der Waals surface area contributed by atoms with Gasteiger partial charge in [0.1, 0.15) is 5.69 Å². The molecule has 2 aromatic rings. The first-order chi connectivity index (χ1) is 6.40. The maximum Gasteiger partial charge on any atom is 0.151 e. The standard InChI is InChI=1S/C8H6N4O/c13-5-6-1-2-7(9-3-6)8-4-10-12-11-8/h1-5H,(H,10,11,12). The fourth-order valence-electron chi connectivity index (χ4n) is 0.952. The molecule has 0 aliphatic heterocycles. The molecule has 5 nitrogen and oxygen atoms in total. The number of aldehydes is 1. The maximum absolute atomic E-state index is 10.3. The van der Waals surface area contributed by atoms with Gasteiger partial charge >= 0.3 is 0 Å². The van der Waals surface area contributed by atoms with Crippen molar-refractivity contribution in [1.82, 2.24) is 20.4 Å². The van der Waals surface area contributed by atoms with Gasteiger partial charge in [-0.05, 0) is 12.1 Å². The summed E-state index contributed by atoms with van der Waals surface area (Å²) in [5.74, 6) is 0. The Morgan fingerprint density at radius 3 is 2.69 bits per heavy atom. The molecule has 2 heterocycles. The van der Waals surface area contributed by atoms with Gasteiger partial charge in [0.05, 0.1) is 11.9 Å². The lowest BCUT2D eigenvalue weighted by molar-refractivity contribution is 0.112. The van der Waals surface area contributed by atoms with Crippen molar-refractivity contribution in [2.24, 2.45) is 0 Å². The Morgan fingerprint density at radius 2 is 2.15 bits per heavy atom. The zero-order chi connectivity index (χ0) is 9.10. The molecule has 5 heteroatoms. The van der Waals surface area contributed by atoms with Crippen molar-refractivity contribution in [3.8, 4) is 11.4 Å².